The molecule has 1 aromatic rings. The lowest BCUT2D eigenvalue weighted by Crippen LogP contribution is -2.14. The molecule has 0 unspecified atom stereocenters. The molecule has 0 aliphatic heterocycles. The first-order valence-electron chi connectivity index (χ1n) is 4.31. The Morgan fingerprint density at radius 3 is 3.00 bits per heavy atom. The molecule has 0 saturated heterocycles. The van der Waals surface area contributed by atoms with E-state index < -0.39 is 6.09 Å². The maximum absolute atomic E-state index is 11.1. The molecular weight excluding hydrogens is 216 g/mol. The van der Waals surface area contributed by atoms with Gasteiger partial charge in [-0.3, -0.25) is 5.32 Å². The summed E-state index contributed by atoms with van der Waals surface area (Å²) in [6.45, 7) is 1.95. The van der Waals surface area contributed by atoms with Crippen molar-refractivity contribution < 1.29 is 9.53 Å². The molecule has 1 N–H and O–H groups in total. The lowest BCUT2D eigenvalue weighted by molar-refractivity contribution is 0.168. The van der Waals surface area contributed by atoms with Crippen molar-refractivity contribution in [2.45, 2.75) is 6.92 Å². The van der Waals surface area contributed by atoms with Crippen molar-refractivity contribution in [3.63, 3.8) is 0 Å². The van der Waals surface area contributed by atoms with Gasteiger partial charge < -0.3 is 4.74 Å². The van der Waals surface area contributed by atoms with Gasteiger partial charge in [-0.05, 0) is 19.1 Å². The molecule has 0 bridgehead atoms. The number of carbonyl (C=O) groups is 1. The number of amides is 1. The van der Waals surface area contributed by atoms with Crippen LogP contribution in [0.15, 0.2) is 18.2 Å². The topological polar surface area (TPSA) is 62.1 Å². The molecular formula is C10H9ClN2O2. The first-order valence-corrected chi connectivity index (χ1v) is 4.69. The molecule has 0 heterocycles. The van der Waals surface area contributed by atoms with Crippen LogP contribution in [0.5, 0.6) is 0 Å². The SMILES string of the molecule is CCOC(=O)Nc1c(Cl)cccc1C#N. The van der Waals surface area contributed by atoms with E-state index in [-0.39, 0.29) is 12.3 Å². The maximum atomic E-state index is 11.1. The molecule has 0 saturated carbocycles. The van der Waals surface area contributed by atoms with Crippen LogP contribution in [-0.4, -0.2) is 12.7 Å². The van der Waals surface area contributed by atoms with Crippen LogP contribution in [0.3, 0.4) is 0 Å². The van der Waals surface area contributed by atoms with Gasteiger partial charge in [0.25, 0.3) is 0 Å². The summed E-state index contributed by atoms with van der Waals surface area (Å²) in [6, 6.07) is 6.72. The van der Waals surface area contributed by atoms with E-state index in [2.05, 4.69) is 10.1 Å². The number of anilines is 1. The number of halogens is 1. The molecule has 0 aromatic heterocycles. The molecule has 0 fully saturated rings. The van der Waals surface area contributed by atoms with Gasteiger partial charge >= 0.3 is 6.09 Å². The summed E-state index contributed by atoms with van der Waals surface area (Å²) in [6.07, 6.45) is -0.623. The van der Waals surface area contributed by atoms with E-state index in [0.717, 1.165) is 0 Å². The van der Waals surface area contributed by atoms with E-state index in [0.29, 0.717) is 10.6 Å². The summed E-state index contributed by atoms with van der Waals surface area (Å²) in [4.78, 5) is 11.1. The Bertz CT molecular complexity index is 412. The highest BCUT2D eigenvalue weighted by atomic mass is 35.5. The number of hydrogen-bond donors (Lipinski definition) is 1. The van der Waals surface area contributed by atoms with Crippen LogP contribution in [0.1, 0.15) is 12.5 Å². The Kier molecular flexibility index (Phi) is 3.95. The van der Waals surface area contributed by atoms with Crippen LogP contribution < -0.4 is 5.32 Å². The maximum Gasteiger partial charge on any atom is 0.411 e. The van der Waals surface area contributed by atoms with Gasteiger partial charge in [0.1, 0.15) is 6.07 Å². The number of ether oxygens (including phenoxy) is 1. The quantitative estimate of drug-likeness (QED) is 0.840. The number of para-hydroxylation sites is 1. The first-order chi connectivity index (χ1) is 7.19. The van der Waals surface area contributed by atoms with Gasteiger partial charge in [0.2, 0.25) is 0 Å². The second kappa shape index (κ2) is 5.23. The van der Waals surface area contributed by atoms with E-state index in [1.54, 1.807) is 25.1 Å². The number of rotatable bonds is 2. The summed E-state index contributed by atoms with van der Waals surface area (Å²) >= 11 is 5.83. The molecule has 1 aromatic carbocycles. The second-order valence-electron chi connectivity index (χ2n) is 2.62. The minimum atomic E-state index is -0.623. The fourth-order valence-electron chi connectivity index (χ4n) is 1.01. The standard InChI is InChI=1S/C10H9ClN2O2/c1-2-15-10(14)13-9-7(6-12)4-3-5-8(9)11/h3-5H,2H2,1H3,(H,13,14). The summed E-state index contributed by atoms with van der Waals surface area (Å²) in [5.74, 6) is 0. The van der Waals surface area contributed by atoms with E-state index in [4.69, 9.17) is 16.9 Å². The highest BCUT2D eigenvalue weighted by Crippen LogP contribution is 2.25. The zero-order chi connectivity index (χ0) is 11.3. The van der Waals surface area contributed by atoms with Crippen LogP contribution in [0.4, 0.5) is 10.5 Å². The normalized spacial score (nSPS) is 9.13. The van der Waals surface area contributed by atoms with Crippen molar-refractivity contribution >= 4 is 23.4 Å². The average Bonchev–Trinajstić information content (AvgIpc) is 2.21. The zero-order valence-electron chi connectivity index (χ0n) is 8.08. The van der Waals surface area contributed by atoms with E-state index >= 15 is 0 Å². The molecule has 0 aliphatic carbocycles. The van der Waals surface area contributed by atoms with Crippen molar-refractivity contribution in [1.82, 2.24) is 0 Å². The number of nitriles is 1. The highest BCUT2D eigenvalue weighted by Gasteiger charge is 2.10. The van der Waals surface area contributed by atoms with Gasteiger partial charge in [-0.25, -0.2) is 4.79 Å². The summed E-state index contributed by atoms with van der Waals surface area (Å²) in [7, 11) is 0. The minimum Gasteiger partial charge on any atom is -0.450 e. The average molecular weight is 225 g/mol. The smallest absolute Gasteiger partial charge is 0.411 e. The Morgan fingerprint density at radius 2 is 2.40 bits per heavy atom. The summed E-state index contributed by atoms with van der Waals surface area (Å²) in [5.41, 5.74) is 0.579. The fraction of sp³-hybridized carbons (Fsp3) is 0.200. The van der Waals surface area contributed by atoms with Crippen LogP contribution in [0, 0.1) is 11.3 Å². The molecule has 78 valence electrons. The zero-order valence-corrected chi connectivity index (χ0v) is 8.84. The molecule has 0 spiro atoms. The van der Waals surface area contributed by atoms with Crippen molar-refractivity contribution in [1.29, 1.82) is 5.26 Å². The number of nitrogens with zero attached hydrogens (tertiary/aromatic N) is 1. The van der Waals surface area contributed by atoms with Gasteiger partial charge in [-0.1, -0.05) is 17.7 Å². The third-order valence-corrected chi connectivity index (χ3v) is 1.95. The van der Waals surface area contributed by atoms with Crippen molar-refractivity contribution in [3.05, 3.63) is 28.8 Å². The van der Waals surface area contributed by atoms with Crippen molar-refractivity contribution in [2.75, 3.05) is 11.9 Å². The monoisotopic (exact) mass is 224 g/mol. The number of hydrogen-bond acceptors (Lipinski definition) is 3. The van der Waals surface area contributed by atoms with E-state index in [9.17, 15) is 4.79 Å². The predicted octanol–water partition coefficient (Wildman–Crippen LogP) is 2.78. The Morgan fingerprint density at radius 1 is 1.67 bits per heavy atom. The Hall–Kier alpha value is -1.73. The van der Waals surface area contributed by atoms with Gasteiger partial charge in [0, 0.05) is 0 Å². The minimum absolute atomic E-state index is 0.262. The second-order valence-corrected chi connectivity index (χ2v) is 3.03. The first kappa shape index (κ1) is 11.3. The van der Waals surface area contributed by atoms with Crippen molar-refractivity contribution in [2.24, 2.45) is 0 Å². The molecule has 0 radical (unpaired) electrons. The lowest BCUT2D eigenvalue weighted by Gasteiger charge is -2.08. The molecule has 0 atom stereocenters. The number of benzene rings is 1. The van der Waals surface area contributed by atoms with Gasteiger partial charge in [-0.15, -0.1) is 0 Å². The lowest BCUT2D eigenvalue weighted by atomic mass is 10.2. The van der Waals surface area contributed by atoms with Crippen LogP contribution in [-0.2, 0) is 4.74 Å². The van der Waals surface area contributed by atoms with E-state index in [1.807, 2.05) is 6.07 Å². The molecule has 0 aliphatic rings. The third-order valence-electron chi connectivity index (χ3n) is 1.64. The third kappa shape index (κ3) is 2.86. The molecule has 15 heavy (non-hydrogen) atoms. The molecule has 1 amide bonds. The summed E-state index contributed by atoms with van der Waals surface area (Å²) in [5, 5.41) is 11.5. The van der Waals surface area contributed by atoms with Crippen LogP contribution in [0.25, 0.3) is 0 Å². The fourth-order valence-corrected chi connectivity index (χ4v) is 1.24. The predicted molar refractivity (Wildman–Crippen MR) is 56.8 cm³/mol. The molecule has 1 rings (SSSR count). The van der Waals surface area contributed by atoms with E-state index in [1.165, 1.54) is 0 Å². The largest absolute Gasteiger partial charge is 0.450 e. The number of nitrogens with one attached hydrogen (secondary N) is 1. The highest BCUT2D eigenvalue weighted by molar-refractivity contribution is 6.34. The van der Waals surface area contributed by atoms with Crippen molar-refractivity contribution in [3.8, 4) is 6.07 Å². The van der Waals surface area contributed by atoms with Gasteiger partial charge in [0.05, 0.1) is 22.9 Å². The Balaban J connectivity index is 2.94. The number of carbonyl (C=O) groups excluding carboxylic acids is 1. The van der Waals surface area contributed by atoms with Gasteiger partial charge in [0.15, 0.2) is 0 Å². The molecule has 4 nitrogen and oxygen atoms in total. The Labute approximate surface area is 92.4 Å². The molecule has 5 heteroatoms. The van der Waals surface area contributed by atoms with Gasteiger partial charge in [-0.2, -0.15) is 5.26 Å². The van der Waals surface area contributed by atoms with Crippen LogP contribution in [0.2, 0.25) is 5.02 Å². The van der Waals surface area contributed by atoms with Crippen LogP contribution >= 0.6 is 11.6 Å². The summed E-state index contributed by atoms with van der Waals surface area (Å²) < 4.78 is 4.68.